The number of amides is 1. The summed E-state index contributed by atoms with van der Waals surface area (Å²) in [5, 5.41) is 0.916. The summed E-state index contributed by atoms with van der Waals surface area (Å²) in [5.41, 5.74) is 6.35. The van der Waals surface area contributed by atoms with E-state index in [-0.39, 0.29) is 17.2 Å². The van der Waals surface area contributed by atoms with Gasteiger partial charge < -0.3 is 19.0 Å². The van der Waals surface area contributed by atoms with Crippen molar-refractivity contribution in [3.63, 3.8) is 0 Å². The molecule has 0 aliphatic carbocycles. The maximum absolute atomic E-state index is 12.9. The maximum Gasteiger partial charge on any atom is 0.410 e. The molecule has 2 aliphatic rings. The quantitative estimate of drug-likeness (QED) is 0.264. The van der Waals surface area contributed by atoms with Crippen LogP contribution in [0.3, 0.4) is 0 Å². The molecule has 1 saturated heterocycles. The number of aryl methyl sites for hydroxylation is 2. The Morgan fingerprint density at radius 1 is 1.10 bits per heavy atom. The number of hydrogen-bond donors (Lipinski definition) is 0. The molecule has 0 bridgehead atoms. The molecule has 2 aromatic heterocycles. The molecule has 1 aromatic carbocycles. The first-order valence-electron chi connectivity index (χ1n) is 15.1. The van der Waals surface area contributed by atoms with Crippen LogP contribution >= 0.6 is 22.9 Å². The molecule has 9 heteroatoms. The van der Waals surface area contributed by atoms with Crippen LogP contribution in [0.5, 0.6) is 0 Å². The molecule has 2 aliphatic heterocycles. The Bertz CT molecular complexity index is 1490. The van der Waals surface area contributed by atoms with Gasteiger partial charge in [-0.05, 0) is 94.9 Å². The lowest BCUT2D eigenvalue weighted by Gasteiger charge is -2.38. The fraction of sp³-hybridized carbons (Fsp3) is 0.576. The number of hydrogen-bond acceptors (Lipinski definition) is 6. The average molecular weight is 628 g/mol. The number of thiophene rings is 1. The molecule has 0 spiro atoms. The SMILES string of the molecule is Cc1cc(-c2cc(Cl)cc3c2N([C@H]2CCN(C(=O)OC(C)(C)C)C2)CCC3)c2sc(CO[Si](C)(C)C(C)(C)C)cc2n1. The summed E-state index contributed by atoms with van der Waals surface area (Å²) in [6.07, 6.45) is 2.75. The molecule has 228 valence electrons. The lowest BCUT2D eigenvalue weighted by atomic mass is 9.92. The molecule has 0 saturated carbocycles. The number of carbonyl (C=O) groups is 1. The zero-order valence-corrected chi connectivity index (χ0v) is 29.3. The van der Waals surface area contributed by atoms with Crippen LogP contribution in [0.4, 0.5) is 10.5 Å². The van der Waals surface area contributed by atoms with E-state index in [1.165, 1.54) is 26.4 Å². The van der Waals surface area contributed by atoms with Gasteiger partial charge in [0, 0.05) is 58.1 Å². The van der Waals surface area contributed by atoms with Crippen molar-refractivity contribution in [2.45, 2.75) is 104 Å². The van der Waals surface area contributed by atoms with Gasteiger partial charge in [0.15, 0.2) is 8.32 Å². The normalized spacial score (nSPS) is 18.1. The fourth-order valence-corrected chi connectivity index (χ4v) is 8.07. The van der Waals surface area contributed by atoms with Crippen molar-refractivity contribution < 1.29 is 14.0 Å². The minimum atomic E-state index is -1.88. The maximum atomic E-state index is 12.9. The predicted molar refractivity (Wildman–Crippen MR) is 179 cm³/mol. The number of fused-ring (bicyclic) bond motifs is 2. The molecule has 3 aromatic rings. The van der Waals surface area contributed by atoms with Gasteiger partial charge in [0.2, 0.25) is 0 Å². The smallest absolute Gasteiger partial charge is 0.410 e. The highest BCUT2D eigenvalue weighted by Gasteiger charge is 2.38. The van der Waals surface area contributed by atoms with Crippen LogP contribution in [0.15, 0.2) is 24.3 Å². The van der Waals surface area contributed by atoms with E-state index >= 15 is 0 Å². The topological polar surface area (TPSA) is 54.9 Å². The second-order valence-corrected chi connectivity index (χ2v) is 20.8. The molecule has 1 amide bonds. The highest BCUT2D eigenvalue weighted by Crippen LogP contribution is 2.46. The number of anilines is 1. The third-order valence-corrected chi connectivity index (χ3v) is 14.7. The van der Waals surface area contributed by atoms with Gasteiger partial charge in [0.1, 0.15) is 5.60 Å². The molecule has 6 nitrogen and oxygen atoms in total. The van der Waals surface area contributed by atoms with E-state index in [1.807, 2.05) is 25.7 Å². The molecule has 0 unspecified atom stereocenters. The number of nitrogens with zero attached hydrogens (tertiary/aromatic N) is 3. The van der Waals surface area contributed by atoms with E-state index in [9.17, 15) is 4.79 Å². The molecular weight excluding hydrogens is 582 g/mol. The van der Waals surface area contributed by atoms with Crippen molar-refractivity contribution in [2.75, 3.05) is 24.5 Å². The van der Waals surface area contributed by atoms with E-state index in [0.717, 1.165) is 47.6 Å². The Morgan fingerprint density at radius 2 is 1.83 bits per heavy atom. The first kappa shape index (κ1) is 31.3. The van der Waals surface area contributed by atoms with Crippen molar-refractivity contribution in [1.29, 1.82) is 0 Å². The summed E-state index contributed by atoms with van der Waals surface area (Å²) in [6.45, 7) is 22.2. The number of likely N-dealkylation sites (tertiary alicyclic amines) is 1. The van der Waals surface area contributed by atoms with Crippen LogP contribution < -0.4 is 4.90 Å². The molecule has 0 N–H and O–H groups in total. The van der Waals surface area contributed by atoms with Crippen LogP contribution in [-0.4, -0.2) is 55.6 Å². The van der Waals surface area contributed by atoms with Crippen LogP contribution in [0.2, 0.25) is 23.2 Å². The van der Waals surface area contributed by atoms with E-state index in [2.05, 4.69) is 70.0 Å². The molecule has 4 heterocycles. The summed E-state index contributed by atoms with van der Waals surface area (Å²) in [4.78, 5) is 23.4. The third kappa shape index (κ3) is 6.52. The number of rotatable bonds is 5. The highest BCUT2D eigenvalue weighted by molar-refractivity contribution is 7.19. The fourth-order valence-electron chi connectivity index (χ4n) is 5.74. The van der Waals surface area contributed by atoms with Crippen LogP contribution in [0.1, 0.15) is 70.5 Å². The Hall–Kier alpha value is -2.13. The zero-order chi connectivity index (χ0) is 30.6. The summed E-state index contributed by atoms with van der Waals surface area (Å²) in [5.74, 6) is 0. The van der Waals surface area contributed by atoms with Crippen molar-refractivity contribution in [3.05, 3.63) is 45.4 Å². The van der Waals surface area contributed by atoms with Gasteiger partial charge in [-0.25, -0.2) is 4.79 Å². The summed E-state index contributed by atoms with van der Waals surface area (Å²) in [7, 11) is -1.88. The summed E-state index contributed by atoms with van der Waals surface area (Å²) < 4.78 is 13.5. The van der Waals surface area contributed by atoms with Crippen LogP contribution in [-0.2, 0) is 22.2 Å². The predicted octanol–water partition coefficient (Wildman–Crippen LogP) is 9.21. The zero-order valence-electron chi connectivity index (χ0n) is 26.7. The number of carbonyl (C=O) groups excluding carboxylic acids is 1. The van der Waals surface area contributed by atoms with Gasteiger partial charge in [0.05, 0.1) is 16.8 Å². The van der Waals surface area contributed by atoms with E-state index < -0.39 is 13.9 Å². The monoisotopic (exact) mass is 627 g/mol. The number of halogens is 1. The Kier molecular flexibility index (Phi) is 8.51. The minimum Gasteiger partial charge on any atom is -0.444 e. The molecule has 1 atom stereocenters. The number of ether oxygens (including phenoxy) is 1. The minimum absolute atomic E-state index is 0.159. The first-order chi connectivity index (χ1) is 19.5. The van der Waals surface area contributed by atoms with Crippen molar-refractivity contribution in [3.8, 4) is 11.1 Å². The lowest BCUT2D eigenvalue weighted by molar-refractivity contribution is 0.0292. The Balaban J connectivity index is 1.51. The van der Waals surface area contributed by atoms with Gasteiger partial charge in [0.25, 0.3) is 0 Å². The first-order valence-corrected chi connectivity index (χ1v) is 19.2. The van der Waals surface area contributed by atoms with E-state index in [0.29, 0.717) is 19.7 Å². The van der Waals surface area contributed by atoms with Crippen LogP contribution in [0, 0.1) is 6.92 Å². The van der Waals surface area contributed by atoms with Gasteiger partial charge in [-0.3, -0.25) is 4.98 Å². The van der Waals surface area contributed by atoms with Gasteiger partial charge >= 0.3 is 6.09 Å². The molecule has 0 radical (unpaired) electrons. The van der Waals surface area contributed by atoms with E-state index in [1.54, 1.807) is 11.3 Å². The number of aromatic nitrogens is 1. The van der Waals surface area contributed by atoms with Crippen LogP contribution in [0.25, 0.3) is 21.3 Å². The van der Waals surface area contributed by atoms with Gasteiger partial charge in [-0.1, -0.05) is 32.4 Å². The van der Waals surface area contributed by atoms with Crippen molar-refractivity contribution in [1.82, 2.24) is 9.88 Å². The second-order valence-electron chi connectivity index (χ2n) is 14.4. The molecule has 1 fully saturated rings. The largest absolute Gasteiger partial charge is 0.444 e. The summed E-state index contributed by atoms with van der Waals surface area (Å²) in [6, 6.07) is 8.89. The summed E-state index contributed by atoms with van der Waals surface area (Å²) >= 11 is 8.57. The third-order valence-electron chi connectivity index (χ3n) is 8.87. The standard InChI is InChI=1S/C33H46ClN3O3SSi/c1-21-15-27(30-28(35-21)18-25(41-30)20-39-42(8,9)33(5,6)7)26-17-23(34)16-22-11-10-13-37(29(22)26)24-12-14-36(19-24)31(38)40-32(2,3)4/h15-18,24H,10-14,19-20H2,1-9H3/t24-/m0/s1. The number of benzene rings is 1. The average Bonchev–Trinajstić information content (AvgIpc) is 3.52. The number of pyridine rings is 1. The second kappa shape index (κ2) is 11.4. The van der Waals surface area contributed by atoms with Gasteiger partial charge in [-0.15, -0.1) is 11.3 Å². The van der Waals surface area contributed by atoms with Crippen molar-refractivity contribution >= 4 is 53.3 Å². The van der Waals surface area contributed by atoms with Gasteiger partial charge in [-0.2, -0.15) is 0 Å². The van der Waals surface area contributed by atoms with Crippen molar-refractivity contribution in [2.24, 2.45) is 0 Å². The Morgan fingerprint density at radius 3 is 2.52 bits per heavy atom. The Labute approximate surface area is 261 Å². The highest BCUT2D eigenvalue weighted by atomic mass is 35.5. The van der Waals surface area contributed by atoms with E-state index in [4.69, 9.17) is 25.7 Å². The molecular formula is C33H46ClN3O3SSi. The molecule has 42 heavy (non-hydrogen) atoms. The molecule has 5 rings (SSSR count). The lowest BCUT2D eigenvalue weighted by Crippen LogP contribution is -2.43.